The van der Waals surface area contributed by atoms with Crippen LogP contribution in [0, 0.1) is 0 Å². The molecule has 1 N–H and O–H groups in total. The summed E-state index contributed by atoms with van der Waals surface area (Å²) in [7, 11) is -2.80. The van der Waals surface area contributed by atoms with Crippen LogP contribution >= 0.6 is 15.9 Å². The van der Waals surface area contributed by atoms with E-state index < -0.39 is 9.84 Å². The summed E-state index contributed by atoms with van der Waals surface area (Å²) in [5.74, 6) is 0.556. The van der Waals surface area contributed by atoms with Gasteiger partial charge in [0, 0.05) is 17.3 Å². The molecule has 1 aliphatic rings. The number of hydrogen-bond acceptors (Lipinski definition) is 3. The molecule has 0 bridgehead atoms. The van der Waals surface area contributed by atoms with Crippen molar-refractivity contribution in [1.29, 1.82) is 0 Å². The molecule has 1 aromatic heterocycles. The van der Waals surface area contributed by atoms with Gasteiger partial charge in [-0.2, -0.15) is 0 Å². The van der Waals surface area contributed by atoms with Gasteiger partial charge in [0.15, 0.2) is 4.73 Å². The van der Waals surface area contributed by atoms with Gasteiger partial charge in [-0.15, -0.1) is 0 Å². The molecular weight excluding hydrogens is 280 g/mol. The Kier molecular flexibility index (Phi) is 2.66. The molecule has 1 aliphatic heterocycles. The first kappa shape index (κ1) is 11.1. The summed E-state index contributed by atoms with van der Waals surface area (Å²) >= 11 is 3.26. The van der Waals surface area contributed by atoms with Gasteiger partial charge < -0.3 is 4.98 Å². The zero-order valence-electron chi connectivity index (χ0n) is 8.46. The molecule has 84 valence electrons. The van der Waals surface area contributed by atoms with E-state index in [1.807, 2.05) is 0 Å². The van der Waals surface area contributed by atoms with Gasteiger partial charge in [0.25, 0.3) is 0 Å². The van der Waals surface area contributed by atoms with Crippen molar-refractivity contribution in [3.63, 3.8) is 0 Å². The zero-order chi connectivity index (χ0) is 11.1. The smallest absolute Gasteiger partial charge is 0.174 e. The molecule has 0 amide bonds. The Bertz CT molecular complexity index is 452. The van der Waals surface area contributed by atoms with E-state index in [4.69, 9.17) is 0 Å². The van der Waals surface area contributed by atoms with E-state index in [2.05, 4.69) is 32.8 Å². The van der Waals surface area contributed by atoms with Crippen LogP contribution in [0.5, 0.6) is 0 Å². The maximum absolute atomic E-state index is 11.3. The van der Waals surface area contributed by atoms with Crippen molar-refractivity contribution in [3.8, 4) is 0 Å². The van der Waals surface area contributed by atoms with Crippen LogP contribution in [-0.4, -0.2) is 29.9 Å². The molecule has 0 saturated carbocycles. The van der Waals surface area contributed by atoms with Crippen molar-refractivity contribution in [2.24, 2.45) is 0 Å². The fourth-order valence-corrected chi connectivity index (χ4v) is 3.90. The minimum Gasteiger partial charge on any atom is -0.336 e. The van der Waals surface area contributed by atoms with E-state index in [9.17, 15) is 8.42 Å². The molecule has 0 aromatic carbocycles. The molecule has 0 aliphatic carbocycles. The molecule has 1 aromatic rings. The standard InChI is InChI=1S/C9H13BrN2O2S/c1-9(7-6-11-8(10)12-7)2-4-15(13,14)5-3-9/h6H,2-5H2,1H3,(H,11,12). The number of imidazole rings is 1. The largest absolute Gasteiger partial charge is 0.336 e. The quantitative estimate of drug-likeness (QED) is 0.856. The third-order valence-corrected chi connectivity index (χ3v) is 5.18. The third-order valence-electron chi connectivity index (χ3n) is 3.12. The van der Waals surface area contributed by atoms with E-state index >= 15 is 0 Å². The molecule has 0 spiro atoms. The van der Waals surface area contributed by atoms with Crippen LogP contribution in [0.4, 0.5) is 0 Å². The highest BCUT2D eigenvalue weighted by molar-refractivity contribution is 9.10. The highest BCUT2D eigenvalue weighted by Crippen LogP contribution is 2.35. The predicted octanol–water partition coefficient (Wildman–Crippen LogP) is 1.64. The lowest BCUT2D eigenvalue weighted by atomic mass is 9.81. The number of nitrogens with one attached hydrogen (secondary N) is 1. The maximum atomic E-state index is 11.3. The summed E-state index contributed by atoms with van der Waals surface area (Å²) in [6.07, 6.45) is 3.12. The van der Waals surface area contributed by atoms with Gasteiger partial charge in [0.05, 0.1) is 11.5 Å². The van der Waals surface area contributed by atoms with E-state index in [1.165, 1.54) is 0 Å². The lowest BCUT2D eigenvalue weighted by Gasteiger charge is -2.32. The second-order valence-corrected chi connectivity index (χ2v) is 7.35. The normalized spacial score (nSPS) is 23.9. The molecule has 2 rings (SSSR count). The number of sulfone groups is 1. The topological polar surface area (TPSA) is 62.8 Å². The van der Waals surface area contributed by atoms with Crippen LogP contribution in [0.15, 0.2) is 10.9 Å². The van der Waals surface area contributed by atoms with Crippen LogP contribution in [0.3, 0.4) is 0 Å². The Morgan fingerprint density at radius 1 is 1.47 bits per heavy atom. The molecular formula is C9H13BrN2O2S. The number of halogens is 1. The van der Waals surface area contributed by atoms with Gasteiger partial charge in [-0.25, -0.2) is 13.4 Å². The molecule has 15 heavy (non-hydrogen) atoms. The second kappa shape index (κ2) is 3.59. The Labute approximate surface area is 97.5 Å². The van der Waals surface area contributed by atoms with E-state index in [-0.39, 0.29) is 16.9 Å². The van der Waals surface area contributed by atoms with Crippen LogP contribution in [0.2, 0.25) is 0 Å². The molecule has 1 fully saturated rings. The zero-order valence-corrected chi connectivity index (χ0v) is 10.9. The Morgan fingerprint density at radius 3 is 2.53 bits per heavy atom. The van der Waals surface area contributed by atoms with Crippen molar-refractivity contribution in [1.82, 2.24) is 9.97 Å². The number of aromatic amines is 1. The highest BCUT2D eigenvalue weighted by Gasteiger charge is 2.35. The molecule has 4 nitrogen and oxygen atoms in total. The van der Waals surface area contributed by atoms with Crippen molar-refractivity contribution in [2.75, 3.05) is 11.5 Å². The van der Waals surface area contributed by atoms with Crippen molar-refractivity contribution < 1.29 is 8.42 Å². The summed E-state index contributed by atoms with van der Waals surface area (Å²) in [5.41, 5.74) is 0.939. The SMILES string of the molecule is CC1(c2cnc(Br)[nH]2)CCS(=O)(=O)CC1. The average molecular weight is 293 g/mol. The number of H-pyrrole nitrogens is 1. The lowest BCUT2D eigenvalue weighted by Crippen LogP contribution is -2.34. The Hall–Kier alpha value is -0.360. The summed E-state index contributed by atoms with van der Waals surface area (Å²) in [4.78, 5) is 7.21. The van der Waals surface area contributed by atoms with Gasteiger partial charge in [0.2, 0.25) is 0 Å². The molecule has 2 heterocycles. The van der Waals surface area contributed by atoms with Crippen LogP contribution < -0.4 is 0 Å². The van der Waals surface area contributed by atoms with Gasteiger partial charge >= 0.3 is 0 Å². The number of aromatic nitrogens is 2. The van der Waals surface area contributed by atoms with Crippen LogP contribution in [0.1, 0.15) is 25.5 Å². The van der Waals surface area contributed by atoms with Crippen LogP contribution in [-0.2, 0) is 15.3 Å². The minimum atomic E-state index is -2.80. The van der Waals surface area contributed by atoms with Gasteiger partial charge in [-0.3, -0.25) is 0 Å². The first-order chi connectivity index (χ1) is 6.91. The first-order valence-electron chi connectivity index (χ1n) is 4.83. The number of hydrogen-bond donors (Lipinski definition) is 1. The van der Waals surface area contributed by atoms with Crippen molar-refractivity contribution in [2.45, 2.75) is 25.2 Å². The molecule has 1 saturated heterocycles. The van der Waals surface area contributed by atoms with E-state index in [0.717, 1.165) is 5.69 Å². The summed E-state index contributed by atoms with van der Waals surface area (Å²) < 4.78 is 23.4. The summed E-state index contributed by atoms with van der Waals surface area (Å²) in [5, 5.41) is 0. The Morgan fingerprint density at radius 2 is 2.07 bits per heavy atom. The van der Waals surface area contributed by atoms with Gasteiger partial charge in [-0.1, -0.05) is 6.92 Å². The van der Waals surface area contributed by atoms with E-state index in [1.54, 1.807) is 6.20 Å². The van der Waals surface area contributed by atoms with Crippen molar-refractivity contribution >= 4 is 25.8 Å². The minimum absolute atomic E-state index is 0.0790. The van der Waals surface area contributed by atoms with Crippen molar-refractivity contribution in [3.05, 3.63) is 16.6 Å². The fourth-order valence-electron chi connectivity index (χ4n) is 1.86. The monoisotopic (exact) mass is 292 g/mol. The molecule has 6 heteroatoms. The third kappa shape index (κ3) is 2.25. The lowest BCUT2D eigenvalue weighted by molar-refractivity contribution is 0.409. The average Bonchev–Trinajstić information content (AvgIpc) is 2.59. The fraction of sp³-hybridized carbons (Fsp3) is 0.667. The maximum Gasteiger partial charge on any atom is 0.174 e. The first-order valence-corrected chi connectivity index (χ1v) is 7.44. The number of rotatable bonds is 1. The highest BCUT2D eigenvalue weighted by atomic mass is 79.9. The Balaban J connectivity index is 2.23. The number of nitrogens with zero attached hydrogens (tertiary/aromatic N) is 1. The molecule has 0 radical (unpaired) electrons. The molecule has 0 atom stereocenters. The van der Waals surface area contributed by atoms with Gasteiger partial charge in [-0.05, 0) is 28.8 Å². The summed E-state index contributed by atoms with van der Waals surface area (Å²) in [6.45, 7) is 2.08. The summed E-state index contributed by atoms with van der Waals surface area (Å²) in [6, 6.07) is 0. The van der Waals surface area contributed by atoms with E-state index in [0.29, 0.717) is 17.6 Å². The van der Waals surface area contributed by atoms with Gasteiger partial charge in [0.1, 0.15) is 9.84 Å². The predicted molar refractivity (Wildman–Crippen MR) is 61.5 cm³/mol. The second-order valence-electron chi connectivity index (χ2n) is 4.30. The molecule has 0 unspecified atom stereocenters. The van der Waals surface area contributed by atoms with Crippen LogP contribution in [0.25, 0.3) is 0 Å².